The van der Waals surface area contributed by atoms with E-state index in [0.29, 0.717) is 12.8 Å². The molecule has 0 atom stereocenters. The normalized spacial score (nSPS) is 13.8. The zero-order valence-corrected chi connectivity index (χ0v) is 14.3. The van der Waals surface area contributed by atoms with Crippen molar-refractivity contribution in [2.24, 2.45) is 31.6 Å². The van der Waals surface area contributed by atoms with Gasteiger partial charge in [0.2, 0.25) is 0 Å². The molecule has 138 valence electrons. The molecule has 0 saturated carbocycles. The van der Waals surface area contributed by atoms with Gasteiger partial charge in [0.1, 0.15) is 0 Å². The minimum absolute atomic E-state index is 0.148. The van der Waals surface area contributed by atoms with Crippen LogP contribution in [-0.2, 0) is 0 Å². The van der Waals surface area contributed by atoms with Crippen LogP contribution in [0.1, 0.15) is 26.7 Å². The highest BCUT2D eigenvalue weighted by atomic mass is 16.3. The van der Waals surface area contributed by atoms with Gasteiger partial charge < -0.3 is 10.8 Å². The maximum Gasteiger partial charge on any atom is 0.0489 e. The zero-order chi connectivity index (χ0) is 19.6. The number of nitrogens with two attached hydrogens (primary N) is 1. The molecule has 0 aromatic carbocycles. The van der Waals surface area contributed by atoms with Crippen molar-refractivity contribution in [1.82, 2.24) is 0 Å². The van der Waals surface area contributed by atoms with Gasteiger partial charge in [-0.15, -0.1) is 0 Å². The number of hydrogen-bond acceptors (Lipinski definition) is 6. The third-order valence-electron chi connectivity index (χ3n) is 3.63. The predicted octanol–water partition coefficient (Wildman–Crippen LogP) is 3.71. The van der Waals surface area contributed by atoms with Crippen LogP contribution >= 0.6 is 0 Å². The summed E-state index contributed by atoms with van der Waals surface area (Å²) >= 11 is 0. The fourth-order valence-electron chi connectivity index (χ4n) is 1.47. The average Bonchev–Trinajstić information content (AvgIpc) is 2.66. The van der Waals surface area contributed by atoms with Crippen LogP contribution in [0.15, 0.2) is 20.5 Å². The Morgan fingerprint density at radius 1 is 0.760 bits per heavy atom. The van der Waals surface area contributed by atoms with Crippen LogP contribution in [0.25, 0.3) is 41.8 Å². The molecule has 3 N–H and O–H groups in total. The summed E-state index contributed by atoms with van der Waals surface area (Å²) in [5, 5.41) is 22.5. The van der Waals surface area contributed by atoms with Gasteiger partial charge in [-0.3, -0.25) is 0 Å². The van der Waals surface area contributed by atoms with Crippen LogP contribution in [0.4, 0.5) is 0 Å². The molecule has 25 heavy (non-hydrogen) atoms. The molecule has 0 fully saturated rings. The van der Waals surface area contributed by atoms with Crippen LogP contribution in [0, 0.1) is 5.41 Å². The van der Waals surface area contributed by atoms with Gasteiger partial charge in [0, 0.05) is 63.4 Å². The second-order valence-electron chi connectivity index (χ2n) is 5.28. The van der Waals surface area contributed by atoms with Crippen LogP contribution in [0.2, 0.25) is 0 Å². The van der Waals surface area contributed by atoms with E-state index < -0.39 is 11.0 Å². The molecular weight excluding hydrogens is 330 g/mol. The van der Waals surface area contributed by atoms with E-state index in [9.17, 15) is 0 Å². The molecule has 0 aliphatic carbocycles. The summed E-state index contributed by atoms with van der Waals surface area (Å²) in [7, 11) is 0. The third-order valence-corrected chi connectivity index (χ3v) is 3.63. The molecule has 0 aromatic rings. The number of nitrogens with zero attached hydrogens (tertiary/aromatic N) is 12. The van der Waals surface area contributed by atoms with Crippen LogP contribution in [-0.4, -0.2) is 43.4 Å². The van der Waals surface area contributed by atoms with E-state index in [2.05, 4.69) is 40.1 Å². The van der Waals surface area contributed by atoms with Gasteiger partial charge in [-0.1, -0.05) is 34.3 Å². The average molecular weight is 353 g/mol. The number of hydrogen-bond donors (Lipinski definition) is 2. The van der Waals surface area contributed by atoms with E-state index in [1.807, 2.05) is 13.8 Å². The van der Waals surface area contributed by atoms with E-state index in [1.54, 1.807) is 0 Å². The molecule has 0 saturated heterocycles. The lowest BCUT2D eigenvalue weighted by Gasteiger charge is -2.26. The van der Waals surface area contributed by atoms with E-state index >= 15 is 0 Å². The Labute approximate surface area is 144 Å². The van der Waals surface area contributed by atoms with Gasteiger partial charge in [-0.05, 0) is 35.0 Å². The first kappa shape index (κ1) is 24.4. The second kappa shape index (κ2) is 14.7. The van der Waals surface area contributed by atoms with Crippen molar-refractivity contribution in [2.75, 3.05) is 32.8 Å². The standard InChI is InChI=1S/C6H12N6O.C5H11N7/c1-2-6(5-13,3-9-11-7)4-10-12-8;1-2-5(6,3-9-11-7)4-10-12-8/h13H,2-5H2,1H3;2-4,6H2,1H3. The van der Waals surface area contributed by atoms with Crippen molar-refractivity contribution >= 4 is 0 Å². The first-order chi connectivity index (χ1) is 11.9. The SMILES string of the molecule is CCC(CO)(CN=[N+]=[N-])CN=[N+]=[N-].CCC(N)(CN=[N+]=[N-])CN=[N+]=[N-]. The third kappa shape index (κ3) is 11.4. The van der Waals surface area contributed by atoms with Crippen molar-refractivity contribution in [1.29, 1.82) is 0 Å². The molecule has 0 rings (SSSR count). The summed E-state index contributed by atoms with van der Waals surface area (Å²) in [4.78, 5) is 10.4. The fraction of sp³-hybridized carbons (Fsp3) is 1.00. The number of azide groups is 4. The highest BCUT2D eigenvalue weighted by Crippen LogP contribution is 2.22. The highest BCUT2D eigenvalue weighted by molar-refractivity contribution is 4.87. The Morgan fingerprint density at radius 3 is 1.36 bits per heavy atom. The zero-order valence-electron chi connectivity index (χ0n) is 14.3. The topological polar surface area (TPSA) is 241 Å². The largest absolute Gasteiger partial charge is 0.396 e. The van der Waals surface area contributed by atoms with Crippen molar-refractivity contribution < 1.29 is 5.11 Å². The first-order valence-electron chi connectivity index (χ1n) is 7.36. The maximum atomic E-state index is 9.06. The summed E-state index contributed by atoms with van der Waals surface area (Å²) in [6.45, 7) is 4.14. The molecule has 0 bridgehead atoms. The van der Waals surface area contributed by atoms with E-state index in [0.717, 1.165) is 0 Å². The molecular formula is C11H23N13O. The van der Waals surface area contributed by atoms with Crippen molar-refractivity contribution in [3.8, 4) is 0 Å². The highest BCUT2D eigenvalue weighted by Gasteiger charge is 2.25. The number of aliphatic hydroxyl groups excluding tert-OH is 1. The lowest BCUT2D eigenvalue weighted by atomic mass is 9.86. The monoisotopic (exact) mass is 353 g/mol. The Bertz CT molecular complexity index is 519. The van der Waals surface area contributed by atoms with E-state index in [4.69, 9.17) is 33.0 Å². The summed E-state index contributed by atoms with van der Waals surface area (Å²) in [6, 6.07) is 0. The van der Waals surface area contributed by atoms with Crippen molar-refractivity contribution in [3.63, 3.8) is 0 Å². The smallest absolute Gasteiger partial charge is 0.0489 e. The Kier molecular flexibility index (Phi) is 14.4. The van der Waals surface area contributed by atoms with Crippen LogP contribution < -0.4 is 5.73 Å². The molecule has 0 aliphatic rings. The molecule has 0 unspecified atom stereocenters. The van der Waals surface area contributed by atoms with E-state index in [1.165, 1.54) is 0 Å². The van der Waals surface area contributed by atoms with Crippen molar-refractivity contribution in [3.05, 3.63) is 41.8 Å². The molecule has 0 heterocycles. The quantitative estimate of drug-likeness (QED) is 0.320. The van der Waals surface area contributed by atoms with Gasteiger partial charge in [-0.25, -0.2) is 0 Å². The van der Waals surface area contributed by atoms with Gasteiger partial charge in [0.15, 0.2) is 0 Å². The fourth-order valence-corrected chi connectivity index (χ4v) is 1.47. The van der Waals surface area contributed by atoms with Crippen LogP contribution in [0.5, 0.6) is 0 Å². The minimum atomic E-state index is -0.696. The molecule has 0 aliphatic heterocycles. The minimum Gasteiger partial charge on any atom is -0.396 e. The Morgan fingerprint density at radius 2 is 1.12 bits per heavy atom. The predicted molar refractivity (Wildman–Crippen MR) is 93.1 cm³/mol. The number of rotatable bonds is 11. The van der Waals surface area contributed by atoms with E-state index in [-0.39, 0.29) is 32.8 Å². The summed E-state index contributed by atoms with van der Waals surface area (Å²) in [5.41, 5.74) is 36.8. The molecule has 0 spiro atoms. The lowest BCUT2D eigenvalue weighted by molar-refractivity contribution is 0.135. The number of aliphatic hydroxyl groups is 1. The maximum absolute atomic E-state index is 9.06. The molecule has 0 radical (unpaired) electrons. The summed E-state index contributed by atoms with van der Waals surface area (Å²) < 4.78 is 0. The van der Waals surface area contributed by atoms with Crippen molar-refractivity contribution in [2.45, 2.75) is 32.2 Å². The second-order valence-corrected chi connectivity index (χ2v) is 5.28. The van der Waals surface area contributed by atoms with Gasteiger partial charge in [-0.2, -0.15) is 0 Å². The summed E-state index contributed by atoms with van der Waals surface area (Å²) in [5.74, 6) is 0. The van der Waals surface area contributed by atoms with Crippen LogP contribution in [0.3, 0.4) is 0 Å². The lowest BCUT2D eigenvalue weighted by Crippen LogP contribution is -2.45. The van der Waals surface area contributed by atoms with Gasteiger partial charge in [0.25, 0.3) is 0 Å². The van der Waals surface area contributed by atoms with Gasteiger partial charge in [0.05, 0.1) is 0 Å². The van der Waals surface area contributed by atoms with Gasteiger partial charge >= 0.3 is 0 Å². The molecule has 14 heteroatoms. The Hall–Kier alpha value is -2.84. The molecule has 14 nitrogen and oxygen atoms in total. The summed E-state index contributed by atoms with van der Waals surface area (Å²) in [6.07, 6.45) is 1.20. The molecule has 0 aromatic heterocycles. The Balaban J connectivity index is 0. The first-order valence-corrected chi connectivity index (χ1v) is 7.36. The molecule has 0 amide bonds.